The van der Waals surface area contributed by atoms with Crippen molar-refractivity contribution in [1.29, 1.82) is 0 Å². The molecule has 22 heavy (non-hydrogen) atoms. The second-order valence-corrected chi connectivity index (χ2v) is 4.63. The second-order valence-electron chi connectivity index (χ2n) is 4.63. The highest BCUT2D eigenvalue weighted by molar-refractivity contribution is 5.70. The summed E-state index contributed by atoms with van der Waals surface area (Å²) in [4.78, 5) is 3.39. The van der Waals surface area contributed by atoms with Crippen LogP contribution in [0.5, 0.6) is 5.88 Å². The van der Waals surface area contributed by atoms with Crippen molar-refractivity contribution in [2.45, 2.75) is 13.3 Å². The minimum absolute atomic E-state index is 0.343. The van der Waals surface area contributed by atoms with E-state index >= 15 is 0 Å². The zero-order valence-electron chi connectivity index (χ0n) is 11.2. The van der Waals surface area contributed by atoms with Crippen LogP contribution in [0.15, 0.2) is 36.8 Å². The van der Waals surface area contributed by atoms with E-state index in [0.29, 0.717) is 11.1 Å². The molecule has 4 nitrogen and oxygen atoms in total. The summed E-state index contributed by atoms with van der Waals surface area (Å²) in [6, 6.07) is 4.37. The molecule has 0 aliphatic rings. The van der Waals surface area contributed by atoms with Crippen LogP contribution in [0.3, 0.4) is 0 Å². The van der Waals surface area contributed by atoms with Crippen LogP contribution >= 0.6 is 0 Å². The molecule has 3 aromatic heterocycles. The van der Waals surface area contributed by atoms with Gasteiger partial charge in [0.15, 0.2) is 5.82 Å². The van der Waals surface area contributed by atoms with Crippen LogP contribution in [0, 0.1) is 12.7 Å². The lowest BCUT2D eigenvalue weighted by molar-refractivity contribution is -0.277. The quantitative estimate of drug-likeness (QED) is 0.677. The lowest BCUT2D eigenvalue weighted by Crippen LogP contribution is -2.18. The van der Waals surface area contributed by atoms with Gasteiger partial charge in [-0.15, -0.1) is 13.2 Å². The van der Waals surface area contributed by atoms with E-state index in [1.54, 1.807) is 29.0 Å². The Labute approximate surface area is 122 Å². The van der Waals surface area contributed by atoms with Crippen molar-refractivity contribution in [2.75, 3.05) is 0 Å². The number of aromatic nitrogens is 3. The number of ether oxygens (including phenoxy) is 1. The third-order valence-corrected chi connectivity index (χ3v) is 3.07. The van der Waals surface area contributed by atoms with Crippen LogP contribution in [0.25, 0.3) is 16.6 Å². The summed E-state index contributed by atoms with van der Waals surface area (Å²) in [5.41, 5.74) is 2.69. The predicted molar refractivity (Wildman–Crippen MR) is 69.8 cm³/mol. The van der Waals surface area contributed by atoms with E-state index < -0.39 is 18.1 Å². The average Bonchev–Trinajstić information content (AvgIpc) is 2.81. The molecular weight excluding hydrogens is 302 g/mol. The molecule has 0 atom stereocenters. The number of aryl methyl sites for hydroxylation is 1. The molecule has 0 N–H and O–H groups in total. The third kappa shape index (κ3) is 2.72. The Balaban J connectivity index is 2.00. The summed E-state index contributed by atoms with van der Waals surface area (Å²) in [5.74, 6) is -2.28. The summed E-state index contributed by atoms with van der Waals surface area (Å²) >= 11 is 0. The van der Waals surface area contributed by atoms with Crippen molar-refractivity contribution in [3.05, 3.63) is 48.2 Å². The Morgan fingerprint density at radius 2 is 1.91 bits per heavy atom. The Bertz CT molecular complexity index is 842. The fraction of sp³-hybridized carbons (Fsp3) is 0.143. The number of nitrogens with zero attached hydrogens (tertiary/aromatic N) is 3. The first kappa shape index (κ1) is 14.3. The maximum atomic E-state index is 13.7. The molecule has 8 heteroatoms. The zero-order chi connectivity index (χ0) is 15.9. The minimum atomic E-state index is -4.98. The summed E-state index contributed by atoms with van der Waals surface area (Å²) in [6.45, 7) is 1.87. The van der Waals surface area contributed by atoms with Crippen molar-refractivity contribution in [2.24, 2.45) is 0 Å². The van der Waals surface area contributed by atoms with Crippen molar-refractivity contribution in [1.82, 2.24) is 14.6 Å². The van der Waals surface area contributed by atoms with Crippen LogP contribution in [-0.2, 0) is 0 Å². The topological polar surface area (TPSA) is 39.4 Å². The van der Waals surface area contributed by atoms with Gasteiger partial charge in [-0.2, -0.15) is 5.10 Å². The van der Waals surface area contributed by atoms with Crippen LogP contribution in [-0.4, -0.2) is 21.0 Å². The summed E-state index contributed by atoms with van der Waals surface area (Å²) in [6.07, 6.45) is -0.501. The molecule has 3 heterocycles. The Morgan fingerprint density at radius 1 is 1.14 bits per heavy atom. The maximum absolute atomic E-state index is 13.7. The number of fused-ring (bicyclic) bond motifs is 1. The lowest BCUT2D eigenvalue weighted by Gasteiger charge is -2.09. The molecule has 3 aromatic rings. The number of alkyl halides is 3. The maximum Gasteiger partial charge on any atom is 0.574 e. The minimum Gasteiger partial charge on any atom is -0.385 e. The molecule has 0 aromatic carbocycles. The number of hydrogen-bond acceptors (Lipinski definition) is 3. The standard InChI is InChI=1S/C14H9F4N3O/c1-8-6-20-21-3-2-9(5-12(8)21)10-4-11(15)13(19-7-10)22-14(16,17)18/h2-7H,1H3. The molecule has 0 aliphatic carbocycles. The molecule has 0 saturated heterocycles. The van der Waals surface area contributed by atoms with E-state index in [-0.39, 0.29) is 0 Å². The fourth-order valence-corrected chi connectivity index (χ4v) is 2.05. The Morgan fingerprint density at radius 3 is 2.59 bits per heavy atom. The Hall–Kier alpha value is -2.64. The third-order valence-electron chi connectivity index (χ3n) is 3.07. The number of rotatable bonds is 2. The molecule has 3 rings (SSSR count). The molecule has 0 fully saturated rings. The molecule has 0 unspecified atom stereocenters. The van der Waals surface area contributed by atoms with Gasteiger partial charge in [0.05, 0.1) is 11.7 Å². The smallest absolute Gasteiger partial charge is 0.385 e. The van der Waals surface area contributed by atoms with Gasteiger partial charge in [-0.1, -0.05) is 0 Å². The van der Waals surface area contributed by atoms with E-state index in [9.17, 15) is 17.6 Å². The van der Waals surface area contributed by atoms with Crippen molar-refractivity contribution in [3.63, 3.8) is 0 Å². The summed E-state index contributed by atoms with van der Waals surface area (Å²) in [7, 11) is 0. The molecular formula is C14H9F4N3O. The average molecular weight is 311 g/mol. The number of hydrogen-bond donors (Lipinski definition) is 0. The molecule has 0 aliphatic heterocycles. The highest BCUT2D eigenvalue weighted by atomic mass is 19.4. The van der Waals surface area contributed by atoms with Gasteiger partial charge in [0.25, 0.3) is 5.88 Å². The molecule has 0 amide bonds. The summed E-state index contributed by atoms with van der Waals surface area (Å²) < 4.78 is 55.1. The van der Waals surface area contributed by atoms with Crippen LogP contribution in [0.1, 0.15) is 5.56 Å². The van der Waals surface area contributed by atoms with Crippen LogP contribution in [0.2, 0.25) is 0 Å². The van der Waals surface area contributed by atoms with Crippen LogP contribution < -0.4 is 4.74 Å². The lowest BCUT2D eigenvalue weighted by atomic mass is 10.1. The van der Waals surface area contributed by atoms with Gasteiger partial charge in [0, 0.05) is 18.0 Å². The van der Waals surface area contributed by atoms with E-state index in [1.807, 2.05) is 6.92 Å². The van der Waals surface area contributed by atoms with Gasteiger partial charge in [-0.25, -0.2) is 13.9 Å². The highest BCUT2D eigenvalue weighted by Gasteiger charge is 2.33. The van der Waals surface area contributed by atoms with Crippen molar-refractivity contribution >= 4 is 5.52 Å². The van der Waals surface area contributed by atoms with E-state index in [1.165, 1.54) is 0 Å². The Kier molecular flexibility index (Phi) is 3.23. The van der Waals surface area contributed by atoms with E-state index in [2.05, 4.69) is 14.8 Å². The molecule has 0 spiro atoms. The SMILES string of the molecule is Cc1cnn2ccc(-c3cnc(OC(F)(F)F)c(F)c3)cc12. The number of halogens is 4. The largest absolute Gasteiger partial charge is 0.574 e. The summed E-state index contributed by atoms with van der Waals surface area (Å²) in [5, 5.41) is 4.11. The predicted octanol–water partition coefficient (Wildman–Crippen LogP) is 3.74. The van der Waals surface area contributed by atoms with Crippen molar-refractivity contribution < 1.29 is 22.3 Å². The van der Waals surface area contributed by atoms with Gasteiger partial charge in [0.2, 0.25) is 0 Å². The number of pyridine rings is 2. The van der Waals surface area contributed by atoms with Crippen LogP contribution in [0.4, 0.5) is 17.6 Å². The highest BCUT2D eigenvalue weighted by Crippen LogP contribution is 2.28. The van der Waals surface area contributed by atoms with Gasteiger partial charge < -0.3 is 4.74 Å². The first-order valence-corrected chi connectivity index (χ1v) is 6.19. The first-order valence-electron chi connectivity index (χ1n) is 6.19. The molecule has 0 saturated carbocycles. The van der Waals surface area contributed by atoms with E-state index in [0.717, 1.165) is 23.3 Å². The van der Waals surface area contributed by atoms with Gasteiger partial charge in [-0.3, -0.25) is 0 Å². The second kappa shape index (κ2) is 4.97. The first-order chi connectivity index (χ1) is 10.3. The normalized spacial score (nSPS) is 11.9. The van der Waals surface area contributed by atoms with Gasteiger partial charge >= 0.3 is 6.36 Å². The van der Waals surface area contributed by atoms with Gasteiger partial charge in [-0.05, 0) is 36.2 Å². The van der Waals surface area contributed by atoms with E-state index in [4.69, 9.17) is 0 Å². The monoisotopic (exact) mass is 311 g/mol. The molecule has 114 valence electrons. The fourth-order valence-electron chi connectivity index (χ4n) is 2.05. The molecule has 0 bridgehead atoms. The molecule has 0 radical (unpaired) electrons. The van der Waals surface area contributed by atoms with Gasteiger partial charge in [0.1, 0.15) is 0 Å². The van der Waals surface area contributed by atoms with Crippen molar-refractivity contribution in [3.8, 4) is 17.0 Å². The zero-order valence-corrected chi connectivity index (χ0v) is 11.2.